The van der Waals surface area contributed by atoms with Gasteiger partial charge in [0.2, 0.25) is 0 Å². The molecule has 1 aromatic carbocycles. The van der Waals surface area contributed by atoms with Gasteiger partial charge in [0.15, 0.2) is 0 Å². The minimum atomic E-state index is 0.328. The molecule has 1 saturated heterocycles. The van der Waals surface area contributed by atoms with Gasteiger partial charge in [-0.05, 0) is 47.8 Å². The molecule has 4 heteroatoms. The number of hydrogen-bond donors (Lipinski definition) is 1. The fraction of sp³-hybridized carbons (Fsp3) is 0.600. The summed E-state index contributed by atoms with van der Waals surface area (Å²) in [6, 6.07) is 6.65. The number of hydrogen-bond acceptors (Lipinski definition) is 2. The van der Waals surface area contributed by atoms with Crippen molar-refractivity contribution in [3.05, 3.63) is 27.7 Å². The Bertz CT molecular complexity index is 471. The van der Waals surface area contributed by atoms with Crippen molar-refractivity contribution in [2.75, 3.05) is 18.0 Å². The summed E-state index contributed by atoms with van der Waals surface area (Å²) < 4.78 is 1.03. The van der Waals surface area contributed by atoms with Crippen molar-refractivity contribution in [2.45, 2.75) is 44.2 Å². The van der Waals surface area contributed by atoms with E-state index in [1.54, 1.807) is 0 Å². The number of benzene rings is 1. The molecule has 0 aromatic heterocycles. The lowest BCUT2D eigenvalue weighted by Gasteiger charge is -2.47. The van der Waals surface area contributed by atoms with Crippen molar-refractivity contribution in [3.63, 3.8) is 0 Å². The molecule has 19 heavy (non-hydrogen) atoms. The zero-order chi connectivity index (χ0) is 13.5. The Balaban J connectivity index is 1.91. The summed E-state index contributed by atoms with van der Waals surface area (Å²) in [6.45, 7) is 4.42. The second kappa shape index (κ2) is 5.27. The van der Waals surface area contributed by atoms with Gasteiger partial charge in [-0.2, -0.15) is 0 Å². The fourth-order valence-corrected chi connectivity index (χ4v) is 4.10. The van der Waals surface area contributed by atoms with E-state index in [2.05, 4.69) is 39.1 Å². The molecule has 1 saturated carbocycles. The molecule has 1 N–H and O–H groups in total. The normalized spacial score (nSPS) is 26.1. The summed E-state index contributed by atoms with van der Waals surface area (Å²) >= 11 is 9.89. The van der Waals surface area contributed by atoms with E-state index in [1.165, 1.54) is 31.4 Å². The van der Waals surface area contributed by atoms with Gasteiger partial charge in [-0.25, -0.2) is 0 Å². The number of nitrogens with one attached hydrogen (secondary N) is 1. The van der Waals surface area contributed by atoms with Gasteiger partial charge in [-0.3, -0.25) is 0 Å². The maximum Gasteiger partial charge on any atom is 0.0595 e. The molecule has 2 fully saturated rings. The Morgan fingerprint density at radius 3 is 2.84 bits per heavy atom. The number of anilines is 1. The standard InChI is InChI=1S/C15H20BrClN2/c1-11-9-18-15(7-2-3-8-15)10-19(11)13-6-4-5-12(17)14(13)16/h4-6,11,18H,2-3,7-10H2,1H3. The molecule has 2 aliphatic rings. The van der Waals surface area contributed by atoms with Crippen LogP contribution in [0.2, 0.25) is 5.02 Å². The first-order valence-corrected chi connectivity index (χ1v) is 8.24. The molecule has 104 valence electrons. The first-order valence-electron chi connectivity index (χ1n) is 7.07. The summed E-state index contributed by atoms with van der Waals surface area (Å²) in [7, 11) is 0. The Morgan fingerprint density at radius 2 is 2.11 bits per heavy atom. The second-order valence-electron chi connectivity index (χ2n) is 5.92. The van der Waals surface area contributed by atoms with E-state index in [1.807, 2.05) is 12.1 Å². The molecule has 0 amide bonds. The van der Waals surface area contributed by atoms with Crippen LogP contribution in [0.3, 0.4) is 0 Å². The minimum Gasteiger partial charge on any atom is -0.365 e. The molecule has 1 unspecified atom stereocenters. The first kappa shape index (κ1) is 13.7. The highest BCUT2D eigenvalue weighted by atomic mass is 79.9. The van der Waals surface area contributed by atoms with E-state index in [0.717, 1.165) is 22.6 Å². The molecule has 1 spiro atoms. The van der Waals surface area contributed by atoms with Crippen LogP contribution in [-0.4, -0.2) is 24.7 Å². The van der Waals surface area contributed by atoms with Crippen LogP contribution in [0.15, 0.2) is 22.7 Å². The Labute approximate surface area is 128 Å². The lowest BCUT2D eigenvalue weighted by atomic mass is 9.92. The summed E-state index contributed by atoms with van der Waals surface area (Å²) in [5.74, 6) is 0. The van der Waals surface area contributed by atoms with Gasteiger partial charge in [0.1, 0.15) is 0 Å². The summed E-state index contributed by atoms with van der Waals surface area (Å²) in [6.07, 6.45) is 5.31. The van der Waals surface area contributed by atoms with Crippen LogP contribution in [-0.2, 0) is 0 Å². The SMILES string of the molecule is CC1CNC2(CCCC2)CN1c1cccc(Cl)c1Br. The monoisotopic (exact) mass is 342 g/mol. The maximum absolute atomic E-state index is 6.24. The van der Waals surface area contributed by atoms with Gasteiger partial charge in [-0.15, -0.1) is 0 Å². The molecule has 1 atom stereocenters. The molecule has 3 rings (SSSR count). The van der Waals surface area contributed by atoms with E-state index in [-0.39, 0.29) is 0 Å². The van der Waals surface area contributed by atoms with Crippen molar-refractivity contribution >= 4 is 33.2 Å². The van der Waals surface area contributed by atoms with E-state index in [4.69, 9.17) is 11.6 Å². The van der Waals surface area contributed by atoms with E-state index < -0.39 is 0 Å². The molecule has 1 heterocycles. The lowest BCUT2D eigenvalue weighted by Crippen LogP contribution is -2.62. The van der Waals surface area contributed by atoms with Gasteiger partial charge in [0, 0.05) is 24.7 Å². The average Bonchev–Trinajstić information content (AvgIpc) is 2.85. The van der Waals surface area contributed by atoms with Crippen LogP contribution in [0.5, 0.6) is 0 Å². The molecule has 0 bridgehead atoms. The Morgan fingerprint density at radius 1 is 1.37 bits per heavy atom. The van der Waals surface area contributed by atoms with Gasteiger partial charge >= 0.3 is 0 Å². The quantitative estimate of drug-likeness (QED) is 0.821. The van der Waals surface area contributed by atoms with Crippen molar-refractivity contribution < 1.29 is 0 Å². The highest BCUT2D eigenvalue weighted by Gasteiger charge is 2.40. The minimum absolute atomic E-state index is 0.328. The number of nitrogens with zero attached hydrogens (tertiary/aromatic N) is 1. The predicted molar refractivity (Wildman–Crippen MR) is 85.2 cm³/mol. The average molecular weight is 344 g/mol. The zero-order valence-corrected chi connectivity index (χ0v) is 13.6. The van der Waals surface area contributed by atoms with Crippen LogP contribution in [0.4, 0.5) is 5.69 Å². The predicted octanol–water partition coefficient (Wildman–Crippen LogP) is 4.21. The van der Waals surface area contributed by atoms with E-state index >= 15 is 0 Å². The smallest absolute Gasteiger partial charge is 0.0595 e. The third kappa shape index (κ3) is 2.53. The molecule has 1 aromatic rings. The summed E-state index contributed by atoms with van der Waals surface area (Å²) in [5.41, 5.74) is 1.56. The van der Waals surface area contributed by atoms with Crippen LogP contribution >= 0.6 is 27.5 Å². The number of piperazine rings is 1. The van der Waals surface area contributed by atoms with Gasteiger partial charge < -0.3 is 10.2 Å². The third-order valence-electron chi connectivity index (χ3n) is 4.58. The van der Waals surface area contributed by atoms with Crippen molar-refractivity contribution in [1.82, 2.24) is 5.32 Å². The van der Waals surface area contributed by atoms with Gasteiger partial charge in [0.25, 0.3) is 0 Å². The summed E-state index contributed by atoms with van der Waals surface area (Å²) in [5, 5.41) is 4.58. The molecule has 1 aliphatic heterocycles. The fourth-order valence-electron chi connectivity index (χ4n) is 3.44. The third-order valence-corrected chi connectivity index (χ3v) is 5.96. The molecule has 1 aliphatic carbocycles. The van der Waals surface area contributed by atoms with Crippen molar-refractivity contribution in [3.8, 4) is 0 Å². The van der Waals surface area contributed by atoms with Gasteiger partial charge in [-0.1, -0.05) is 30.5 Å². The second-order valence-corrected chi connectivity index (χ2v) is 7.12. The van der Waals surface area contributed by atoms with Crippen LogP contribution < -0.4 is 10.2 Å². The van der Waals surface area contributed by atoms with Crippen molar-refractivity contribution in [1.29, 1.82) is 0 Å². The molecule has 0 radical (unpaired) electrons. The largest absolute Gasteiger partial charge is 0.365 e. The molecule has 2 nitrogen and oxygen atoms in total. The number of halogens is 2. The van der Waals surface area contributed by atoms with E-state index in [9.17, 15) is 0 Å². The topological polar surface area (TPSA) is 15.3 Å². The van der Waals surface area contributed by atoms with Crippen LogP contribution in [0.1, 0.15) is 32.6 Å². The van der Waals surface area contributed by atoms with Crippen molar-refractivity contribution in [2.24, 2.45) is 0 Å². The number of rotatable bonds is 1. The highest BCUT2D eigenvalue weighted by molar-refractivity contribution is 9.10. The Hall–Kier alpha value is -0.250. The van der Waals surface area contributed by atoms with Crippen LogP contribution in [0.25, 0.3) is 0 Å². The zero-order valence-electron chi connectivity index (χ0n) is 11.3. The van der Waals surface area contributed by atoms with E-state index in [0.29, 0.717) is 11.6 Å². The lowest BCUT2D eigenvalue weighted by molar-refractivity contribution is 0.276. The van der Waals surface area contributed by atoms with Crippen LogP contribution in [0, 0.1) is 0 Å². The Kier molecular flexibility index (Phi) is 3.80. The summed E-state index contributed by atoms with van der Waals surface area (Å²) in [4.78, 5) is 2.51. The molecular weight excluding hydrogens is 324 g/mol. The first-order chi connectivity index (χ1) is 9.11. The highest BCUT2D eigenvalue weighted by Crippen LogP contribution is 2.39. The maximum atomic E-state index is 6.24. The van der Waals surface area contributed by atoms with Gasteiger partial charge in [0.05, 0.1) is 15.2 Å². The molecular formula is C15H20BrClN2.